The van der Waals surface area contributed by atoms with Crippen LogP contribution < -0.4 is 10.6 Å². The van der Waals surface area contributed by atoms with Gasteiger partial charge < -0.3 is 5.32 Å². The lowest BCUT2D eigenvalue weighted by atomic mass is 10.1. The molecule has 2 heteroatoms. The van der Waals surface area contributed by atoms with E-state index in [9.17, 15) is 0 Å². The number of rotatable bonds is 3. The van der Waals surface area contributed by atoms with Gasteiger partial charge in [0.05, 0.1) is 0 Å². The maximum Gasteiger partial charge on any atom is 0.0174 e. The van der Waals surface area contributed by atoms with Gasteiger partial charge in [0, 0.05) is 19.1 Å². The van der Waals surface area contributed by atoms with Crippen LogP contribution in [-0.4, -0.2) is 25.7 Å². The van der Waals surface area contributed by atoms with Crippen molar-refractivity contribution in [2.75, 3.05) is 19.6 Å². The lowest BCUT2D eigenvalue weighted by Crippen LogP contribution is -2.25. The highest BCUT2D eigenvalue weighted by molar-refractivity contribution is 4.83. The van der Waals surface area contributed by atoms with E-state index in [4.69, 9.17) is 0 Å². The minimum atomic E-state index is 0.862. The van der Waals surface area contributed by atoms with E-state index in [1.54, 1.807) is 0 Å². The summed E-state index contributed by atoms with van der Waals surface area (Å²) in [5.41, 5.74) is 0. The molecular formula is C8H15N2. The largest absolute Gasteiger partial charge is 0.314 e. The summed E-state index contributed by atoms with van der Waals surface area (Å²) in [6, 6.07) is 0.876. The van der Waals surface area contributed by atoms with Crippen molar-refractivity contribution in [2.45, 2.75) is 25.3 Å². The molecule has 1 saturated carbocycles. The standard InChI is InChI=1S/C8H15N2/c1-2-8(1)10-6-7-3-4-9-5-7/h7-8,10H,1-6H2. The summed E-state index contributed by atoms with van der Waals surface area (Å²) >= 11 is 0. The van der Waals surface area contributed by atoms with Gasteiger partial charge in [-0.15, -0.1) is 0 Å². The van der Waals surface area contributed by atoms with Crippen molar-refractivity contribution in [3.05, 3.63) is 0 Å². The Morgan fingerprint density at radius 1 is 1.30 bits per heavy atom. The number of hydrogen-bond acceptors (Lipinski definition) is 1. The predicted molar refractivity (Wildman–Crippen MR) is 41.0 cm³/mol. The number of nitrogens with zero attached hydrogens (tertiary/aromatic N) is 1. The van der Waals surface area contributed by atoms with Crippen LogP contribution >= 0.6 is 0 Å². The fourth-order valence-electron chi connectivity index (χ4n) is 1.43. The Morgan fingerprint density at radius 3 is 2.80 bits per heavy atom. The van der Waals surface area contributed by atoms with Gasteiger partial charge in [0.2, 0.25) is 0 Å². The minimum absolute atomic E-state index is 0.862. The van der Waals surface area contributed by atoms with Crippen molar-refractivity contribution >= 4 is 0 Å². The molecule has 1 saturated heterocycles. The molecule has 2 nitrogen and oxygen atoms in total. The Morgan fingerprint density at radius 2 is 2.20 bits per heavy atom. The van der Waals surface area contributed by atoms with Crippen LogP contribution in [0.4, 0.5) is 0 Å². The Labute approximate surface area is 62.4 Å². The normalized spacial score (nSPS) is 33.0. The highest BCUT2D eigenvalue weighted by Crippen LogP contribution is 2.19. The number of nitrogens with one attached hydrogen (secondary N) is 1. The first-order valence-electron chi connectivity index (χ1n) is 4.32. The third kappa shape index (κ3) is 1.70. The molecule has 0 aromatic heterocycles. The molecule has 0 amide bonds. The van der Waals surface area contributed by atoms with E-state index in [0.717, 1.165) is 25.0 Å². The zero-order chi connectivity index (χ0) is 6.81. The summed E-state index contributed by atoms with van der Waals surface area (Å²) in [5, 5.41) is 7.86. The van der Waals surface area contributed by atoms with Gasteiger partial charge in [-0.05, 0) is 31.7 Å². The lowest BCUT2D eigenvalue weighted by molar-refractivity contribution is 0.510. The van der Waals surface area contributed by atoms with Crippen LogP contribution in [-0.2, 0) is 0 Å². The molecule has 1 atom stereocenters. The SMILES string of the molecule is C1CC(CNC2CC2)C[N]1. The topological polar surface area (TPSA) is 26.1 Å². The third-order valence-corrected chi connectivity index (χ3v) is 2.36. The van der Waals surface area contributed by atoms with Crippen molar-refractivity contribution in [3.8, 4) is 0 Å². The molecule has 1 aliphatic carbocycles. The van der Waals surface area contributed by atoms with Gasteiger partial charge in [-0.25, -0.2) is 5.32 Å². The fraction of sp³-hybridized carbons (Fsp3) is 1.00. The van der Waals surface area contributed by atoms with Crippen molar-refractivity contribution in [1.29, 1.82) is 0 Å². The molecule has 1 heterocycles. The Hall–Kier alpha value is -0.0800. The van der Waals surface area contributed by atoms with E-state index in [-0.39, 0.29) is 0 Å². The van der Waals surface area contributed by atoms with E-state index in [0.29, 0.717) is 0 Å². The molecule has 2 rings (SSSR count). The third-order valence-electron chi connectivity index (χ3n) is 2.36. The molecule has 2 fully saturated rings. The zero-order valence-electron chi connectivity index (χ0n) is 6.34. The van der Waals surface area contributed by atoms with Crippen LogP contribution in [0.2, 0.25) is 0 Å². The fourth-order valence-corrected chi connectivity index (χ4v) is 1.43. The quantitative estimate of drug-likeness (QED) is 0.600. The highest BCUT2D eigenvalue weighted by atomic mass is 15.0. The summed E-state index contributed by atoms with van der Waals surface area (Å²) < 4.78 is 0. The van der Waals surface area contributed by atoms with Crippen LogP contribution in [0.1, 0.15) is 19.3 Å². The second-order valence-electron chi connectivity index (χ2n) is 3.47. The van der Waals surface area contributed by atoms with E-state index < -0.39 is 0 Å². The van der Waals surface area contributed by atoms with Crippen LogP contribution in [0.3, 0.4) is 0 Å². The summed E-state index contributed by atoms with van der Waals surface area (Å²) in [7, 11) is 0. The van der Waals surface area contributed by atoms with Crippen molar-refractivity contribution < 1.29 is 0 Å². The molecule has 10 heavy (non-hydrogen) atoms. The average molecular weight is 139 g/mol. The molecule has 0 spiro atoms. The van der Waals surface area contributed by atoms with Gasteiger partial charge >= 0.3 is 0 Å². The first kappa shape index (κ1) is 6.62. The molecule has 0 aromatic carbocycles. The summed E-state index contributed by atoms with van der Waals surface area (Å²) in [4.78, 5) is 0. The van der Waals surface area contributed by atoms with Crippen LogP contribution in [0, 0.1) is 5.92 Å². The molecule has 1 aliphatic heterocycles. The van der Waals surface area contributed by atoms with Crippen molar-refractivity contribution in [1.82, 2.24) is 10.6 Å². The Bertz CT molecular complexity index is 104. The summed E-state index contributed by atoms with van der Waals surface area (Å²) in [6.45, 7) is 3.44. The van der Waals surface area contributed by atoms with E-state index in [1.165, 1.54) is 25.8 Å². The second kappa shape index (κ2) is 2.89. The van der Waals surface area contributed by atoms with Crippen LogP contribution in [0.5, 0.6) is 0 Å². The molecule has 0 aromatic rings. The molecule has 2 aliphatic rings. The van der Waals surface area contributed by atoms with Gasteiger partial charge in [0.1, 0.15) is 0 Å². The smallest absolute Gasteiger partial charge is 0.0174 e. The van der Waals surface area contributed by atoms with E-state index in [2.05, 4.69) is 10.6 Å². The van der Waals surface area contributed by atoms with Gasteiger partial charge in [-0.1, -0.05) is 0 Å². The summed E-state index contributed by atoms with van der Waals surface area (Å²) in [6.07, 6.45) is 4.13. The van der Waals surface area contributed by atoms with Crippen molar-refractivity contribution in [3.63, 3.8) is 0 Å². The molecule has 1 unspecified atom stereocenters. The summed E-state index contributed by atoms with van der Waals surface area (Å²) in [5.74, 6) is 0.862. The second-order valence-corrected chi connectivity index (χ2v) is 3.47. The molecule has 1 N–H and O–H groups in total. The van der Waals surface area contributed by atoms with Gasteiger partial charge in [0.15, 0.2) is 0 Å². The Kier molecular flexibility index (Phi) is 1.91. The van der Waals surface area contributed by atoms with Crippen LogP contribution in [0.15, 0.2) is 0 Å². The number of hydrogen-bond donors (Lipinski definition) is 1. The van der Waals surface area contributed by atoms with Gasteiger partial charge in [-0.3, -0.25) is 0 Å². The molecule has 0 bridgehead atoms. The maximum atomic E-state index is 4.32. The lowest BCUT2D eigenvalue weighted by Gasteiger charge is -2.07. The Balaban J connectivity index is 1.59. The van der Waals surface area contributed by atoms with Gasteiger partial charge in [-0.2, -0.15) is 0 Å². The maximum absolute atomic E-state index is 4.32. The van der Waals surface area contributed by atoms with Crippen LogP contribution in [0.25, 0.3) is 0 Å². The first-order chi connectivity index (χ1) is 4.95. The predicted octanol–water partition coefficient (Wildman–Crippen LogP) is 0.363. The van der Waals surface area contributed by atoms with E-state index >= 15 is 0 Å². The zero-order valence-corrected chi connectivity index (χ0v) is 6.34. The minimum Gasteiger partial charge on any atom is -0.314 e. The molecular weight excluding hydrogens is 124 g/mol. The molecule has 1 radical (unpaired) electrons. The molecule has 57 valence electrons. The first-order valence-corrected chi connectivity index (χ1v) is 4.32. The van der Waals surface area contributed by atoms with E-state index in [1.807, 2.05) is 0 Å². The highest BCUT2D eigenvalue weighted by Gasteiger charge is 2.23. The van der Waals surface area contributed by atoms with Gasteiger partial charge in [0.25, 0.3) is 0 Å². The monoisotopic (exact) mass is 139 g/mol. The average Bonchev–Trinajstić information content (AvgIpc) is 2.63. The van der Waals surface area contributed by atoms with Crippen molar-refractivity contribution in [2.24, 2.45) is 5.92 Å².